The summed E-state index contributed by atoms with van der Waals surface area (Å²) in [6.45, 7) is 1.96. The average Bonchev–Trinajstić information content (AvgIpc) is 3.22. The van der Waals surface area contributed by atoms with Crippen LogP contribution < -0.4 is 5.32 Å². The van der Waals surface area contributed by atoms with Gasteiger partial charge in [0.2, 0.25) is 11.0 Å². The molecule has 0 radical (unpaired) electrons. The Hall–Kier alpha value is -2.70. The van der Waals surface area contributed by atoms with Crippen LogP contribution in [-0.2, 0) is 4.79 Å². The molecule has 27 heavy (non-hydrogen) atoms. The number of carbonyl (C=O) groups is 1. The minimum absolute atomic E-state index is 0.0466. The van der Waals surface area contributed by atoms with Gasteiger partial charge in [-0.3, -0.25) is 4.79 Å². The number of thiazole rings is 1. The van der Waals surface area contributed by atoms with Gasteiger partial charge in [-0.1, -0.05) is 53.3 Å². The van der Waals surface area contributed by atoms with Gasteiger partial charge < -0.3 is 5.32 Å². The molecule has 1 N–H and O–H groups in total. The van der Waals surface area contributed by atoms with E-state index in [4.69, 9.17) is 16.7 Å². The fraction of sp³-hybridized carbons (Fsp3) is 0.150. The predicted molar refractivity (Wildman–Crippen MR) is 108 cm³/mol. The van der Waals surface area contributed by atoms with Gasteiger partial charge >= 0.3 is 0 Å². The van der Waals surface area contributed by atoms with Gasteiger partial charge in [0.1, 0.15) is 5.82 Å². The molecule has 0 bridgehead atoms. The van der Waals surface area contributed by atoms with E-state index >= 15 is 0 Å². The van der Waals surface area contributed by atoms with Crippen LogP contribution >= 0.6 is 22.9 Å². The normalized spacial score (nSPS) is 16.4. The van der Waals surface area contributed by atoms with Crippen LogP contribution in [0.3, 0.4) is 0 Å². The fourth-order valence-corrected chi connectivity index (χ4v) is 4.85. The van der Waals surface area contributed by atoms with Crippen molar-refractivity contribution in [2.75, 3.05) is 5.32 Å². The number of nitrogens with one attached hydrogen (secondary N) is 1. The van der Waals surface area contributed by atoms with Crippen molar-refractivity contribution in [3.8, 4) is 5.13 Å². The van der Waals surface area contributed by atoms with Crippen LogP contribution in [0.4, 0.5) is 5.82 Å². The van der Waals surface area contributed by atoms with E-state index in [-0.39, 0.29) is 11.8 Å². The number of hydrogen-bond donors (Lipinski definition) is 1. The number of anilines is 1. The van der Waals surface area contributed by atoms with Crippen LogP contribution in [0, 0.1) is 6.92 Å². The minimum atomic E-state index is -0.120. The number of carbonyl (C=O) groups excluding carboxylic acids is 1. The number of nitrogens with zero attached hydrogens (tertiary/aromatic N) is 3. The van der Waals surface area contributed by atoms with Gasteiger partial charge in [0.05, 0.1) is 15.9 Å². The second kappa shape index (κ2) is 6.18. The third-order valence-corrected chi connectivity index (χ3v) is 6.20. The molecule has 0 aliphatic carbocycles. The molecule has 1 aliphatic rings. The molecular formula is C20H15ClN4OS. The number of halogens is 1. The molecule has 1 atom stereocenters. The molecule has 5 nitrogen and oxygen atoms in total. The van der Waals surface area contributed by atoms with Crippen molar-refractivity contribution in [3.05, 3.63) is 70.4 Å². The van der Waals surface area contributed by atoms with Gasteiger partial charge in [-0.25, -0.2) is 4.98 Å². The van der Waals surface area contributed by atoms with Gasteiger partial charge in [0.25, 0.3) is 0 Å². The number of amides is 1. The van der Waals surface area contributed by atoms with Gasteiger partial charge in [0.15, 0.2) is 0 Å². The second-order valence-electron chi connectivity index (χ2n) is 6.55. The Balaban J connectivity index is 1.70. The van der Waals surface area contributed by atoms with Crippen LogP contribution in [0.25, 0.3) is 15.3 Å². The number of rotatable bonds is 2. The Morgan fingerprint density at radius 2 is 1.96 bits per heavy atom. The summed E-state index contributed by atoms with van der Waals surface area (Å²) in [6.07, 6.45) is 0.350. The zero-order chi connectivity index (χ0) is 18.5. The monoisotopic (exact) mass is 394 g/mol. The molecule has 1 aliphatic heterocycles. The zero-order valence-electron chi connectivity index (χ0n) is 14.4. The molecule has 0 fully saturated rings. The molecule has 3 heterocycles. The highest BCUT2D eigenvalue weighted by molar-refractivity contribution is 7.20. The van der Waals surface area contributed by atoms with Crippen molar-refractivity contribution >= 4 is 44.9 Å². The standard InChI is InChI=1S/C20H15ClN4OS/c1-11-18-13(12-6-2-3-7-14(12)21)10-17(26)23-19(18)25(24-11)20-22-15-8-4-5-9-16(15)27-20/h2-9,13H,10H2,1H3,(H,23,26)/t13-/m0/s1. The molecule has 0 saturated carbocycles. The molecule has 5 rings (SSSR count). The largest absolute Gasteiger partial charge is 0.310 e. The zero-order valence-corrected chi connectivity index (χ0v) is 16.0. The van der Waals surface area contributed by atoms with Crippen molar-refractivity contribution in [3.63, 3.8) is 0 Å². The summed E-state index contributed by atoms with van der Waals surface area (Å²) in [5, 5.41) is 9.10. The van der Waals surface area contributed by atoms with Gasteiger partial charge in [-0.2, -0.15) is 9.78 Å². The molecule has 2 aromatic heterocycles. The SMILES string of the molecule is Cc1nn(-c2nc3ccccc3s2)c2c1[C@H](c1ccccc1Cl)CC(=O)N2. The van der Waals surface area contributed by atoms with E-state index in [2.05, 4.69) is 10.3 Å². The summed E-state index contributed by atoms with van der Waals surface area (Å²) in [5.74, 6) is 0.521. The van der Waals surface area contributed by atoms with Gasteiger partial charge in [-0.05, 0) is 30.7 Å². The lowest BCUT2D eigenvalue weighted by Crippen LogP contribution is -2.25. The van der Waals surface area contributed by atoms with E-state index in [9.17, 15) is 4.79 Å². The molecule has 7 heteroatoms. The predicted octanol–water partition coefficient (Wildman–Crippen LogP) is 4.92. The first-order valence-corrected chi connectivity index (χ1v) is 9.81. The first-order valence-electron chi connectivity index (χ1n) is 8.61. The molecule has 0 saturated heterocycles. The van der Waals surface area contributed by atoms with E-state index in [0.717, 1.165) is 32.2 Å². The quantitative estimate of drug-likeness (QED) is 0.525. The van der Waals surface area contributed by atoms with E-state index in [1.54, 1.807) is 16.0 Å². The van der Waals surface area contributed by atoms with E-state index in [1.807, 2.05) is 55.5 Å². The highest BCUT2D eigenvalue weighted by atomic mass is 35.5. The lowest BCUT2D eigenvalue weighted by molar-refractivity contribution is -0.116. The minimum Gasteiger partial charge on any atom is -0.310 e. The van der Waals surface area contributed by atoms with Crippen LogP contribution in [0.2, 0.25) is 5.02 Å². The number of para-hydroxylation sites is 1. The first-order chi connectivity index (χ1) is 13.1. The Morgan fingerprint density at radius 3 is 2.78 bits per heavy atom. The Bertz CT molecular complexity index is 1160. The molecule has 2 aromatic carbocycles. The highest BCUT2D eigenvalue weighted by Gasteiger charge is 2.34. The number of hydrogen-bond acceptors (Lipinski definition) is 4. The van der Waals surface area contributed by atoms with E-state index in [1.165, 1.54) is 0 Å². The molecule has 0 spiro atoms. The Labute approximate surface area is 164 Å². The lowest BCUT2D eigenvalue weighted by atomic mass is 9.86. The molecule has 1 amide bonds. The number of fused-ring (bicyclic) bond motifs is 2. The summed E-state index contributed by atoms with van der Waals surface area (Å²) in [4.78, 5) is 17.2. The molecule has 4 aromatic rings. The van der Waals surface area contributed by atoms with Crippen molar-refractivity contribution in [1.29, 1.82) is 0 Å². The van der Waals surface area contributed by atoms with E-state index in [0.29, 0.717) is 17.3 Å². The fourth-order valence-electron chi connectivity index (χ4n) is 3.66. The molecular weight excluding hydrogens is 380 g/mol. The smallest absolute Gasteiger partial charge is 0.226 e. The van der Waals surface area contributed by atoms with Crippen molar-refractivity contribution < 1.29 is 4.79 Å². The van der Waals surface area contributed by atoms with Crippen molar-refractivity contribution in [2.45, 2.75) is 19.3 Å². The average molecular weight is 395 g/mol. The number of aryl methyl sites for hydroxylation is 1. The summed E-state index contributed by atoms with van der Waals surface area (Å²) in [6, 6.07) is 15.6. The van der Waals surface area contributed by atoms with Crippen molar-refractivity contribution in [1.82, 2.24) is 14.8 Å². The maximum Gasteiger partial charge on any atom is 0.226 e. The lowest BCUT2D eigenvalue weighted by Gasteiger charge is -2.24. The Kier molecular flexibility index (Phi) is 3.77. The summed E-state index contributed by atoms with van der Waals surface area (Å²) >= 11 is 7.98. The van der Waals surface area contributed by atoms with Gasteiger partial charge in [0, 0.05) is 22.9 Å². The number of aromatic nitrogens is 3. The topological polar surface area (TPSA) is 59.8 Å². The van der Waals surface area contributed by atoms with Gasteiger partial charge in [-0.15, -0.1) is 0 Å². The maximum atomic E-state index is 12.5. The van der Waals surface area contributed by atoms with Crippen LogP contribution in [0.5, 0.6) is 0 Å². The Morgan fingerprint density at radius 1 is 1.19 bits per heavy atom. The highest BCUT2D eigenvalue weighted by Crippen LogP contribution is 2.42. The van der Waals surface area contributed by atoms with Crippen LogP contribution in [0.1, 0.15) is 29.2 Å². The molecule has 134 valence electrons. The van der Waals surface area contributed by atoms with Crippen molar-refractivity contribution in [2.24, 2.45) is 0 Å². The summed E-state index contributed by atoms with van der Waals surface area (Å²) in [7, 11) is 0. The third-order valence-electron chi connectivity index (χ3n) is 4.85. The van der Waals surface area contributed by atoms with E-state index < -0.39 is 0 Å². The summed E-state index contributed by atoms with van der Waals surface area (Å²) < 4.78 is 2.83. The number of benzene rings is 2. The van der Waals surface area contributed by atoms with Crippen LogP contribution in [0.15, 0.2) is 48.5 Å². The summed E-state index contributed by atoms with van der Waals surface area (Å²) in [5.41, 5.74) is 3.74. The maximum absolute atomic E-state index is 12.5. The first kappa shape index (κ1) is 16.5. The third kappa shape index (κ3) is 2.64. The second-order valence-corrected chi connectivity index (χ2v) is 7.97. The van der Waals surface area contributed by atoms with Crippen LogP contribution in [-0.4, -0.2) is 20.7 Å². The molecule has 0 unspecified atom stereocenters.